The maximum atomic E-state index is 2.39. The lowest BCUT2D eigenvalue weighted by Gasteiger charge is -2.25. The fourth-order valence-corrected chi connectivity index (χ4v) is 4.11. The molecule has 0 aromatic heterocycles. The van der Waals surface area contributed by atoms with Gasteiger partial charge in [-0.25, -0.2) is 0 Å². The van der Waals surface area contributed by atoms with Crippen molar-refractivity contribution < 1.29 is 0 Å². The van der Waals surface area contributed by atoms with Crippen molar-refractivity contribution in [2.75, 3.05) is 0 Å². The van der Waals surface area contributed by atoms with Gasteiger partial charge in [-0.15, -0.1) is 0 Å². The van der Waals surface area contributed by atoms with Crippen LogP contribution in [0.15, 0.2) is 60.7 Å². The van der Waals surface area contributed by atoms with Crippen molar-refractivity contribution in [2.24, 2.45) is 0 Å². The summed E-state index contributed by atoms with van der Waals surface area (Å²) in [5.74, 6) is 0. The molecule has 0 heteroatoms. The standard InChI is InChI=1S/C28H34/c1-19-16-22(14-15-25(19)28(6,7)8)26-20(2)17-23(27(3,4)5)18-24(26)21-12-10-9-11-13-21/h9-18H,1-8H3. The van der Waals surface area contributed by atoms with Gasteiger partial charge in [0, 0.05) is 0 Å². The van der Waals surface area contributed by atoms with Gasteiger partial charge in [-0.2, -0.15) is 0 Å². The van der Waals surface area contributed by atoms with E-state index in [1.165, 1.54) is 44.5 Å². The zero-order valence-corrected chi connectivity index (χ0v) is 18.8. The van der Waals surface area contributed by atoms with Crippen molar-refractivity contribution in [3.8, 4) is 22.3 Å². The summed E-state index contributed by atoms with van der Waals surface area (Å²) < 4.78 is 0. The van der Waals surface area contributed by atoms with Crippen LogP contribution in [0.2, 0.25) is 0 Å². The first-order valence-electron chi connectivity index (χ1n) is 10.3. The average molecular weight is 371 g/mol. The second-order valence-electron chi connectivity index (χ2n) is 10.1. The Morgan fingerprint density at radius 1 is 0.571 bits per heavy atom. The molecular formula is C28H34. The van der Waals surface area contributed by atoms with Crippen molar-refractivity contribution in [1.29, 1.82) is 0 Å². The third-order valence-corrected chi connectivity index (χ3v) is 5.61. The van der Waals surface area contributed by atoms with Crippen LogP contribution in [0.3, 0.4) is 0 Å². The van der Waals surface area contributed by atoms with Gasteiger partial charge < -0.3 is 0 Å². The molecule has 0 aliphatic heterocycles. The lowest BCUT2D eigenvalue weighted by atomic mass is 9.79. The summed E-state index contributed by atoms with van der Waals surface area (Å²) in [6.45, 7) is 18.2. The Morgan fingerprint density at radius 2 is 1.21 bits per heavy atom. The molecule has 3 rings (SSSR count). The third-order valence-electron chi connectivity index (χ3n) is 5.61. The minimum absolute atomic E-state index is 0.124. The van der Waals surface area contributed by atoms with E-state index in [0.717, 1.165) is 0 Å². The topological polar surface area (TPSA) is 0 Å². The molecule has 0 aliphatic carbocycles. The Balaban J connectivity index is 2.28. The fourth-order valence-electron chi connectivity index (χ4n) is 4.11. The quantitative estimate of drug-likeness (QED) is 0.426. The molecule has 0 spiro atoms. The molecule has 3 aromatic carbocycles. The van der Waals surface area contributed by atoms with E-state index in [9.17, 15) is 0 Å². The van der Waals surface area contributed by atoms with Crippen LogP contribution in [-0.4, -0.2) is 0 Å². The Labute approximate surface area is 171 Å². The summed E-state index contributed by atoms with van der Waals surface area (Å²) in [6.07, 6.45) is 0. The summed E-state index contributed by atoms with van der Waals surface area (Å²) in [6, 6.07) is 22.5. The van der Waals surface area contributed by atoms with Gasteiger partial charge in [-0.1, -0.05) is 96.1 Å². The Kier molecular flexibility index (Phi) is 5.28. The molecule has 0 aliphatic rings. The van der Waals surface area contributed by atoms with E-state index in [-0.39, 0.29) is 10.8 Å². The monoisotopic (exact) mass is 370 g/mol. The van der Waals surface area contributed by atoms with Crippen LogP contribution >= 0.6 is 0 Å². The molecule has 0 N–H and O–H groups in total. The molecule has 0 unspecified atom stereocenters. The van der Waals surface area contributed by atoms with E-state index < -0.39 is 0 Å². The zero-order chi connectivity index (χ0) is 20.7. The van der Waals surface area contributed by atoms with Crippen LogP contribution in [0.4, 0.5) is 0 Å². The first-order valence-corrected chi connectivity index (χ1v) is 10.3. The van der Waals surface area contributed by atoms with E-state index in [1.54, 1.807) is 0 Å². The van der Waals surface area contributed by atoms with E-state index in [2.05, 4.69) is 116 Å². The summed E-state index contributed by atoms with van der Waals surface area (Å²) in [5, 5.41) is 0. The van der Waals surface area contributed by atoms with Gasteiger partial charge in [0.15, 0.2) is 0 Å². The molecule has 0 saturated carbocycles. The predicted molar refractivity (Wildman–Crippen MR) is 124 cm³/mol. The van der Waals surface area contributed by atoms with Crippen LogP contribution in [0.1, 0.15) is 63.8 Å². The first kappa shape index (κ1) is 20.4. The molecule has 146 valence electrons. The van der Waals surface area contributed by atoms with Gasteiger partial charge in [0.2, 0.25) is 0 Å². The average Bonchev–Trinajstić information content (AvgIpc) is 2.59. The maximum Gasteiger partial charge on any atom is -0.00758 e. The zero-order valence-electron chi connectivity index (χ0n) is 18.8. The van der Waals surface area contributed by atoms with Crippen LogP contribution in [-0.2, 0) is 10.8 Å². The van der Waals surface area contributed by atoms with Crippen molar-refractivity contribution in [3.63, 3.8) is 0 Å². The summed E-state index contributed by atoms with van der Waals surface area (Å²) in [4.78, 5) is 0. The van der Waals surface area contributed by atoms with Crippen molar-refractivity contribution in [1.82, 2.24) is 0 Å². The largest absolute Gasteiger partial charge is 0.0622 e. The lowest BCUT2D eigenvalue weighted by Crippen LogP contribution is -2.13. The molecule has 0 heterocycles. The molecule has 0 fully saturated rings. The number of benzene rings is 3. The molecule has 0 bridgehead atoms. The van der Waals surface area contributed by atoms with Gasteiger partial charge in [0.1, 0.15) is 0 Å². The van der Waals surface area contributed by atoms with E-state index in [4.69, 9.17) is 0 Å². The summed E-state index contributed by atoms with van der Waals surface area (Å²) in [5.41, 5.74) is 11.1. The maximum absolute atomic E-state index is 2.39. The molecule has 28 heavy (non-hydrogen) atoms. The first-order chi connectivity index (χ1) is 13.0. The second-order valence-corrected chi connectivity index (χ2v) is 10.1. The Hall–Kier alpha value is -2.34. The molecule has 0 radical (unpaired) electrons. The van der Waals surface area contributed by atoms with Crippen molar-refractivity contribution in [3.05, 3.63) is 82.9 Å². The minimum atomic E-state index is 0.124. The van der Waals surface area contributed by atoms with Gasteiger partial charge in [0.05, 0.1) is 0 Å². The van der Waals surface area contributed by atoms with Gasteiger partial charge in [0.25, 0.3) is 0 Å². The number of aryl methyl sites for hydroxylation is 2. The Morgan fingerprint density at radius 3 is 1.75 bits per heavy atom. The molecule has 0 amide bonds. The van der Waals surface area contributed by atoms with Crippen LogP contribution in [0.5, 0.6) is 0 Å². The van der Waals surface area contributed by atoms with Crippen LogP contribution in [0, 0.1) is 13.8 Å². The van der Waals surface area contributed by atoms with Crippen LogP contribution < -0.4 is 0 Å². The Bertz CT molecular complexity index is 977. The van der Waals surface area contributed by atoms with Crippen LogP contribution in [0.25, 0.3) is 22.3 Å². The van der Waals surface area contributed by atoms with E-state index in [1.807, 2.05) is 0 Å². The smallest absolute Gasteiger partial charge is 0.00758 e. The number of hydrogen-bond donors (Lipinski definition) is 0. The van der Waals surface area contributed by atoms with E-state index >= 15 is 0 Å². The third kappa shape index (κ3) is 4.07. The summed E-state index contributed by atoms with van der Waals surface area (Å²) in [7, 11) is 0. The normalized spacial score (nSPS) is 12.3. The highest BCUT2D eigenvalue weighted by Crippen LogP contribution is 2.40. The molecule has 0 saturated heterocycles. The lowest BCUT2D eigenvalue weighted by molar-refractivity contribution is 0.586. The SMILES string of the molecule is Cc1cc(-c2c(C)cc(C(C)(C)C)cc2-c2ccccc2)ccc1C(C)(C)C. The van der Waals surface area contributed by atoms with Crippen molar-refractivity contribution in [2.45, 2.75) is 66.2 Å². The molecule has 0 atom stereocenters. The number of hydrogen-bond acceptors (Lipinski definition) is 0. The van der Waals surface area contributed by atoms with Gasteiger partial charge in [-0.3, -0.25) is 0 Å². The van der Waals surface area contributed by atoms with Gasteiger partial charge >= 0.3 is 0 Å². The number of rotatable bonds is 2. The highest BCUT2D eigenvalue weighted by Gasteiger charge is 2.21. The predicted octanol–water partition coefficient (Wildman–Crippen LogP) is 8.23. The highest BCUT2D eigenvalue weighted by molar-refractivity contribution is 5.86. The van der Waals surface area contributed by atoms with E-state index in [0.29, 0.717) is 0 Å². The van der Waals surface area contributed by atoms with Crippen molar-refractivity contribution >= 4 is 0 Å². The minimum Gasteiger partial charge on any atom is -0.0622 e. The molecule has 3 aromatic rings. The molecule has 0 nitrogen and oxygen atoms in total. The summed E-state index contributed by atoms with van der Waals surface area (Å²) >= 11 is 0. The fraction of sp³-hybridized carbons (Fsp3) is 0.357. The highest BCUT2D eigenvalue weighted by atomic mass is 14.3. The second kappa shape index (κ2) is 7.24. The molecular weight excluding hydrogens is 336 g/mol. The van der Waals surface area contributed by atoms with Gasteiger partial charge in [-0.05, 0) is 75.3 Å².